The molecule has 18 heavy (non-hydrogen) atoms. The molecule has 0 aliphatic heterocycles. The van der Waals surface area contributed by atoms with Crippen LogP contribution in [0, 0.1) is 17.8 Å². The van der Waals surface area contributed by atoms with Gasteiger partial charge in [-0.15, -0.1) is 6.58 Å². The van der Waals surface area contributed by atoms with E-state index in [1.165, 1.54) is 57.8 Å². The third-order valence-electron chi connectivity index (χ3n) is 5.24. The lowest BCUT2D eigenvalue weighted by molar-refractivity contribution is -0.0223. The molecule has 0 heterocycles. The number of allylic oxidation sites excluding steroid dienone is 1. The molecule has 1 atom stereocenters. The van der Waals surface area contributed by atoms with Crippen molar-refractivity contribution in [2.75, 3.05) is 0 Å². The molecule has 1 nitrogen and oxygen atoms in total. The first-order valence-electron chi connectivity index (χ1n) is 8.12. The standard InChI is InChI=1S/C17H30O/c1-2-3-4-5-6-13-16(18)17(14-9-7-10-14)15-11-8-12-15/h2,14-18H,1,3-13H2. The van der Waals surface area contributed by atoms with Gasteiger partial charge >= 0.3 is 0 Å². The monoisotopic (exact) mass is 250 g/mol. The molecule has 0 aromatic rings. The summed E-state index contributed by atoms with van der Waals surface area (Å²) >= 11 is 0. The maximum Gasteiger partial charge on any atom is 0.0573 e. The molecule has 0 bridgehead atoms. The second-order valence-electron chi connectivity index (χ2n) is 6.45. The molecule has 0 spiro atoms. The second-order valence-corrected chi connectivity index (χ2v) is 6.45. The molecule has 1 heteroatoms. The van der Waals surface area contributed by atoms with E-state index in [1.54, 1.807) is 0 Å². The summed E-state index contributed by atoms with van der Waals surface area (Å²) in [6, 6.07) is 0. The van der Waals surface area contributed by atoms with Gasteiger partial charge in [0.2, 0.25) is 0 Å². The molecule has 2 rings (SSSR count). The molecule has 0 aromatic carbocycles. The van der Waals surface area contributed by atoms with Crippen molar-refractivity contribution in [1.82, 2.24) is 0 Å². The Labute approximate surface area is 113 Å². The Kier molecular flexibility index (Phi) is 5.75. The molecule has 1 N–H and O–H groups in total. The number of aliphatic hydroxyl groups is 1. The maximum absolute atomic E-state index is 10.5. The van der Waals surface area contributed by atoms with Crippen LogP contribution < -0.4 is 0 Å². The molecular formula is C17H30O. The van der Waals surface area contributed by atoms with E-state index in [0.717, 1.165) is 24.7 Å². The third-order valence-corrected chi connectivity index (χ3v) is 5.24. The van der Waals surface area contributed by atoms with Crippen LogP contribution in [0.5, 0.6) is 0 Å². The lowest BCUT2D eigenvalue weighted by Gasteiger charge is -2.45. The summed E-state index contributed by atoms with van der Waals surface area (Å²) < 4.78 is 0. The zero-order valence-electron chi connectivity index (χ0n) is 11.8. The van der Waals surface area contributed by atoms with E-state index in [-0.39, 0.29) is 6.10 Å². The number of hydrogen-bond acceptors (Lipinski definition) is 1. The number of unbranched alkanes of at least 4 members (excludes halogenated alkanes) is 3. The highest BCUT2D eigenvalue weighted by Gasteiger charge is 2.39. The first-order valence-corrected chi connectivity index (χ1v) is 8.12. The number of hydrogen-bond donors (Lipinski definition) is 1. The lowest BCUT2D eigenvalue weighted by atomic mass is 9.62. The zero-order valence-corrected chi connectivity index (χ0v) is 11.8. The minimum absolute atomic E-state index is 0.00988. The molecule has 104 valence electrons. The summed E-state index contributed by atoms with van der Waals surface area (Å²) in [5.74, 6) is 2.36. The Morgan fingerprint density at radius 1 is 1.00 bits per heavy atom. The topological polar surface area (TPSA) is 20.2 Å². The minimum atomic E-state index is -0.00988. The Morgan fingerprint density at radius 3 is 2.06 bits per heavy atom. The third kappa shape index (κ3) is 3.60. The van der Waals surface area contributed by atoms with Gasteiger partial charge in [-0.25, -0.2) is 0 Å². The fourth-order valence-corrected chi connectivity index (χ4v) is 3.67. The van der Waals surface area contributed by atoms with E-state index in [1.807, 2.05) is 6.08 Å². The Bertz CT molecular complexity index is 226. The first kappa shape index (κ1) is 14.1. The van der Waals surface area contributed by atoms with Gasteiger partial charge in [-0.1, -0.05) is 57.4 Å². The van der Waals surface area contributed by atoms with Crippen LogP contribution in [0.2, 0.25) is 0 Å². The van der Waals surface area contributed by atoms with Gasteiger partial charge in [-0.05, 0) is 37.0 Å². The van der Waals surface area contributed by atoms with Crippen molar-refractivity contribution >= 4 is 0 Å². The van der Waals surface area contributed by atoms with Crippen LogP contribution in [-0.4, -0.2) is 11.2 Å². The minimum Gasteiger partial charge on any atom is -0.393 e. The Balaban J connectivity index is 1.69. The Hall–Kier alpha value is -0.300. The van der Waals surface area contributed by atoms with Gasteiger partial charge in [0.05, 0.1) is 6.10 Å². The highest BCUT2D eigenvalue weighted by molar-refractivity contribution is 4.90. The molecule has 0 aromatic heterocycles. The molecule has 2 aliphatic rings. The van der Waals surface area contributed by atoms with Crippen molar-refractivity contribution in [2.24, 2.45) is 17.8 Å². The first-order chi connectivity index (χ1) is 8.83. The van der Waals surface area contributed by atoms with Crippen LogP contribution in [0.3, 0.4) is 0 Å². The van der Waals surface area contributed by atoms with E-state index in [2.05, 4.69) is 6.58 Å². The van der Waals surface area contributed by atoms with Crippen molar-refractivity contribution in [3.05, 3.63) is 12.7 Å². The molecular weight excluding hydrogens is 220 g/mol. The van der Waals surface area contributed by atoms with Gasteiger partial charge in [-0.2, -0.15) is 0 Å². The normalized spacial score (nSPS) is 22.6. The number of aliphatic hydroxyl groups excluding tert-OH is 1. The lowest BCUT2D eigenvalue weighted by Crippen LogP contribution is -2.40. The van der Waals surface area contributed by atoms with Gasteiger partial charge < -0.3 is 5.11 Å². The predicted molar refractivity (Wildman–Crippen MR) is 77.5 cm³/mol. The fraction of sp³-hybridized carbons (Fsp3) is 0.882. The van der Waals surface area contributed by atoms with Gasteiger partial charge in [-0.3, -0.25) is 0 Å². The summed E-state index contributed by atoms with van der Waals surface area (Å²) in [6.45, 7) is 3.76. The van der Waals surface area contributed by atoms with Gasteiger partial charge in [0.1, 0.15) is 0 Å². The molecule has 0 amide bonds. The van der Waals surface area contributed by atoms with Crippen molar-refractivity contribution < 1.29 is 5.11 Å². The van der Waals surface area contributed by atoms with Crippen LogP contribution in [-0.2, 0) is 0 Å². The SMILES string of the molecule is C=CCCCCCC(O)C(C1CCC1)C1CCC1. The van der Waals surface area contributed by atoms with Crippen LogP contribution in [0.25, 0.3) is 0 Å². The van der Waals surface area contributed by atoms with E-state index in [0.29, 0.717) is 5.92 Å². The van der Waals surface area contributed by atoms with E-state index < -0.39 is 0 Å². The fourth-order valence-electron chi connectivity index (χ4n) is 3.67. The quantitative estimate of drug-likeness (QED) is 0.464. The molecule has 1 unspecified atom stereocenters. The smallest absolute Gasteiger partial charge is 0.0573 e. The van der Waals surface area contributed by atoms with Gasteiger partial charge in [0.25, 0.3) is 0 Å². The summed E-state index contributed by atoms with van der Waals surface area (Å²) in [7, 11) is 0. The molecule has 2 saturated carbocycles. The number of rotatable bonds is 9. The van der Waals surface area contributed by atoms with Crippen molar-refractivity contribution in [2.45, 2.75) is 76.7 Å². The van der Waals surface area contributed by atoms with Gasteiger partial charge in [0.15, 0.2) is 0 Å². The molecule has 0 radical (unpaired) electrons. The molecule has 0 saturated heterocycles. The van der Waals surface area contributed by atoms with E-state index >= 15 is 0 Å². The van der Waals surface area contributed by atoms with Crippen LogP contribution in [0.4, 0.5) is 0 Å². The highest BCUT2D eigenvalue weighted by Crippen LogP contribution is 2.46. The van der Waals surface area contributed by atoms with E-state index in [9.17, 15) is 5.11 Å². The summed E-state index contributed by atoms with van der Waals surface area (Å²) in [5.41, 5.74) is 0. The largest absolute Gasteiger partial charge is 0.393 e. The zero-order chi connectivity index (χ0) is 12.8. The summed E-state index contributed by atoms with van der Waals surface area (Å²) in [4.78, 5) is 0. The predicted octanol–water partition coefficient (Wildman–Crippen LogP) is 4.70. The van der Waals surface area contributed by atoms with Crippen LogP contribution in [0.15, 0.2) is 12.7 Å². The van der Waals surface area contributed by atoms with Crippen molar-refractivity contribution in [1.29, 1.82) is 0 Å². The van der Waals surface area contributed by atoms with Crippen molar-refractivity contribution in [3.8, 4) is 0 Å². The summed E-state index contributed by atoms with van der Waals surface area (Å²) in [6.07, 6.45) is 16.2. The van der Waals surface area contributed by atoms with E-state index in [4.69, 9.17) is 0 Å². The van der Waals surface area contributed by atoms with Crippen LogP contribution >= 0.6 is 0 Å². The molecule has 2 fully saturated rings. The van der Waals surface area contributed by atoms with Crippen molar-refractivity contribution in [3.63, 3.8) is 0 Å². The average molecular weight is 250 g/mol. The maximum atomic E-state index is 10.5. The Morgan fingerprint density at radius 2 is 1.61 bits per heavy atom. The van der Waals surface area contributed by atoms with Gasteiger partial charge in [0, 0.05) is 0 Å². The summed E-state index contributed by atoms with van der Waals surface area (Å²) in [5, 5.41) is 10.5. The molecule has 2 aliphatic carbocycles. The highest BCUT2D eigenvalue weighted by atomic mass is 16.3. The second kappa shape index (κ2) is 7.33. The average Bonchev–Trinajstić information content (AvgIpc) is 2.23. The van der Waals surface area contributed by atoms with Crippen LogP contribution in [0.1, 0.15) is 70.6 Å².